The molecule has 1 heterocycles. The molecule has 1 aromatic heterocycles. The third kappa shape index (κ3) is 4.85. The molecule has 0 radical (unpaired) electrons. The molecule has 18 heavy (non-hydrogen) atoms. The number of oxazole rings is 1. The Morgan fingerprint density at radius 3 is 2.89 bits per heavy atom. The minimum Gasteiger partial charge on any atom is -0.476 e. The average molecular weight is 316 g/mol. The van der Waals surface area contributed by atoms with Gasteiger partial charge >= 0.3 is 5.97 Å². The largest absolute Gasteiger partial charge is 0.476 e. The predicted molar refractivity (Wildman–Crippen MR) is 69.6 cm³/mol. The molecule has 2 N–H and O–H groups in total. The molecule has 0 aromatic carbocycles. The van der Waals surface area contributed by atoms with Crippen LogP contribution in [0.2, 0.25) is 0 Å². The highest BCUT2D eigenvalue weighted by Gasteiger charge is 2.12. The van der Waals surface area contributed by atoms with Gasteiger partial charge in [-0.2, -0.15) is 0 Å². The molecular formula is C12H14BrNO4. The zero-order valence-corrected chi connectivity index (χ0v) is 11.5. The number of allylic oxidation sites excluding steroid dienone is 1. The molecule has 0 saturated heterocycles. The van der Waals surface area contributed by atoms with Gasteiger partial charge < -0.3 is 14.6 Å². The third-order valence-electron chi connectivity index (χ3n) is 2.09. The Bertz CT molecular complexity index is 474. The molecule has 1 atom stereocenters. The smallest absolute Gasteiger partial charge is 0.357 e. The van der Waals surface area contributed by atoms with Crippen LogP contribution in [-0.2, 0) is 6.42 Å². The highest BCUT2D eigenvalue weighted by Crippen LogP contribution is 2.14. The third-order valence-corrected chi connectivity index (χ3v) is 2.36. The number of carboxylic acids is 1. The fourth-order valence-electron chi connectivity index (χ4n) is 1.40. The number of aliphatic hydroxyl groups excluding tert-OH is 1. The molecule has 0 spiro atoms. The highest BCUT2D eigenvalue weighted by atomic mass is 79.9. The molecule has 0 bridgehead atoms. The molecule has 1 rings (SSSR count). The fourth-order valence-corrected chi connectivity index (χ4v) is 1.70. The first kappa shape index (κ1) is 14.7. The van der Waals surface area contributed by atoms with Crippen LogP contribution in [0.25, 0.3) is 0 Å². The summed E-state index contributed by atoms with van der Waals surface area (Å²) >= 11 is 3.23. The Labute approximate surface area is 113 Å². The Hall–Kier alpha value is -1.40. The highest BCUT2D eigenvalue weighted by molar-refractivity contribution is 9.11. The van der Waals surface area contributed by atoms with Crippen LogP contribution in [0.1, 0.15) is 29.7 Å². The SMILES string of the molecule is C=C(Cc1nc(C(=O)O)co1)CC(O)/C=C(\C)Br. The van der Waals surface area contributed by atoms with Gasteiger partial charge in [0.2, 0.25) is 0 Å². The van der Waals surface area contributed by atoms with Gasteiger partial charge in [0.1, 0.15) is 6.26 Å². The summed E-state index contributed by atoms with van der Waals surface area (Å²) in [5.74, 6) is -0.849. The second kappa shape index (κ2) is 6.51. The maximum atomic E-state index is 10.6. The lowest BCUT2D eigenvalue weighted by Crippen LogP contribution is -2.05. The number of aromatic nitrogens is 1. The van der Waals surface area contributed by atoms with E-state index in [0.29, 0.717) is 18.4 Å². The van der Waals surface area contributed by atoms with Gasteiger partial charge in [0.05, 0.1) is 6.10 Å². The van der Waals surface area contributed by atoms with E-state index in [0.717, 1.165) is 10.7 Å². The Morgan fingerprint density at radius 1 is 1.72 bits per heavy atom. The van der Waals surface area contributed by atoms with E-state index in [-0.39, 0.29) is 11.6 Å². The minimum atomic E-state index is -1.13. The van der Waals surface area contributed by atoms with Crippen molar-refractivity contribution in [1.29, 1.82) is 0 Å². The van der Waals surface area contributed by atoms with E-state index < -0.39 is 12.1 Å². The summed E-state index contributed by atoms with van der Waals surface area (Å²) in [6, 6.07) is 0. The second-order valence-corrected chi connectivity index (χ2v) is 5.13. The lowest BCUT2D eigenvalue weighted by molar-refractivity contribution is 0.0690. The van der Waals surface area contributed by atoms with Crippen LogP contribution in [0.3, 0.4) is 0 Å². The van der Waals surface area contributed by atoms with E-state index in [1.807, 2.05) is 6.92 Å². The van der Waals surface area contributed by atoms with Gasteiger partial charge in [-0.3, -0.25) is 0 Å². The van der Waals surface area contributed by atoms with E-state index in [2.05, 4.69) is 27.5 Å². The summed E-state index contributed by atoms with van der Waals surface area (Å²) in [4.78, 5) is 14.4. The second-order valence-electron chi connectivity index (χ2n) is 3.88. The maximum absolute atomic E-state index is 10.6. The number of aliphatic hydroxyl groups is 1. The average Bonchev–Trinajstić information content (AvgIpc) is 2.63. The van der Waals surface area contributed by atoms with Crippen molar-refractivity contribution in [3.63, 3.8) is 0 Å². The monoisotopic (exact) mass is 315 g/mol. The fraction of sp³-hybridized carbons (Fsp3) is 0.333. The van der Waals surface area contributed by atoms with Crippen molar-refractivity contribution < 1.29 is 19.4 Å². The lowest BCUT2D eigenvalue weighted by Gasteiger charge is -2.07. The van der Waals surface area contributed by atoms with E-state index in [1.165, 1.54) is 0 Å². The number of rotatable bonds is 6. The maximum Gasteiger partial charge on any atom is 0.357 e. The van der Waals surface area contributed by atoms with E-state index in [9.17, 15) is 9.90 Å². The first-order chi connectivity index (χ1) is 8.38. The van der Waals surface area contributed by atoms with Gasteiger partial charge in [-0.25, -0.2) is 9.78 Å². The summed E-state index contributed by atoms with van der Waals surface area (Å²) < 4.78 is 5.84. The van der Waals surface area contributed by atoms with Crippen LogP contribution < -0.4 is 0 Å². The normalized spacial score (nSPS) is 13.4. The summed E-state index contributed by atoms with van der Waals surface area (Å²) in [6.45, 7) is 5.62. The summed E-state index contributed by atoms with van der Waals surface area (Å²) in [7, 11) is 0. The topological polar surface area (TPSA) is 83.6 Å². The summed E-state index contributed by atoms with van der Waals surface area (Å²) in [5.41, 5.74) is 0.584. The molecule has 0 fully saturated rings. The molecule has 98 valence electrons. The van der Waals surface area contributed by atoms with Crippen LogP contribution in [0.15, 0.2) is 33.4 Å². The van der Waals surface area contributed by atoms with Crippen LogP contribution in [0.4, 0.5) is 0 Å². The predicted octanol–water partition coefficient (Wildman–Crippen LogP) is 2.52. The Kier molecular flexibility index (Phi) is 5.30. The van der Waals surface area contributed by atoms with Crippen molar-refractivity contribution in [2.75, 3.05) is 0 Å². The molecular weight excluding hydrogens is 302 g/mol. The van der Waals surface area contributed by atoms with Gasteiger partial charge in [0, 0.05) is 6.42 Å². The van der Waals surface area contributed by atoms with Gasteiger partial charge in [0.25, 0.3) is 0 Å². The van der Waals surface area contributed by atoms with Gasteiger partial charge in [0.15, 0.2) is 11.6 Å². The molecule has 0 saturated carbocycles. The van der Waals surface area contributed by atoms with Crippen LogP contribution in [-0.4, -0.2) is 27.3 Å². The number of aromatic carboxylic acids is 1. The molecule has 0 aliphatic rings. The van der Waals surface area contributed by atoms with Crippen molar-refractivity contribution in [2.24, 2.45) is 0 Å². The van der Waals surface area contributed by atoms with Crippen molar-refractivity contribution in [1.82, 2.24) is 4.98 Å². The molecule has 0 aliphatic carbocycles. The zero-order valence-electron chi connectivity index (χ0n) is 9.89. The quantitative estimate of drug-likeness (QED) is 0.788. The van der Waals surface area contributed by atoms with Crippen LogP contribution in [0.5, 0.6) is 0 Å². The number of nitrogens with zero attached hydrogens (tertiary/aromatic N) is 1. The van der Waals surface area contributed by atoms with Crippen molar-refractivity contribution in [3.05, 3.63) is 40.6 Å². The number of carboxylic acid groups (broad SMARTS) is 1. The van der Waals surface area contributed by atoms with Crippen LogP contribution >= 0.6 is 15.9 Å². The van der Waals surface area contributed by atoms with Crippen molar-refractivity contribution in [2.45, 2.75) is 25.9 Å². The van der Waals surface area contributed by atoms with E-state index >= 15 is 0 Å². The van der Waals surface area contributed by atoms with Crippen molar-refractivity contribution >= 4 is 21.9 Å². The number of hydrogen-bond acceptors (Lipinski definition) is 4. The lowest BCUT2D eigenvalue weighted by atomic mass is 10.1. The van der Waals surface area contributed by atoms with Gasteiger partial charge in [-0.15, -0.1) is 0 Å². The molecule has 0 aliphatic heterocycles. The molecule has 6 heteroatoms. The molecule has 5 nitrogen and oxygen atoms in total. The minimum absolute atomic E-state index is 0.130. The number of halogens is 1. The molecule has 1 aromatic rings. The van der Waals surface area contributed by atoms with Gasteiger partial charge in [-0.05, 0) is 23.9 Å². The van der Waals surface area contributed by atoms with Crippen LogP contribution in [0, 0.1) is 0 Å². The summed E-state index contributed by atoms with van der Waals surface area (Å²) in [6.07, 6.45) is 2.78. The number of hydrogen-bond donors (Lipinski definition) is 2. The Balaban J connectivity index is 2.54. The number of carbonyl (C=O) groups is 1. The van der Waals surface area contributed by atoms with Crippen molar-refractivity contribution in [3.8, 4) is 0 Å². The first-order valence-electron chi connectivity index (χ1n) is 5.25. The van der Waals surface area contributed by atoms with Gasteiger partial charge in [-0.1, -0.05) is 28.1 Å². The summed E-state index contributed by atoms with van der Waals surface area (Å²) in [5, 5.41) is 18.3. The zero-order chi connectivity index (χ0) is 13.7. The molecule has 0 amide bonds. The first-order valence-corrected chi connectivity index (χ1v) is 6.04. The van der Waals surface area contributed by atoms with E-state index in [4.69, 9.17) is 9.52 Å². The molecule has 1 unspecified atom stereocenters. The van der Waals surface area contributed by atoms with E-state index in [1.54, 1.807) is 6.08 Å². The Morgan fingerprint density at radius 2 is 2.39 bits per heavy atom. The standard InChI is InChI=1S/C12H14BrNO4/c1-7(3-9(15)5-8(2)13)4-11-14-10(6-18-11)12(16)17/h5-6,9,15H,1,3-4H2,2H3,(H,16,17)/b8-5+.